The number of halogens is 1. The first-order chi connectivity index (χ1) is 9.02. The van der Waals surface area contributed by atoms with Crippen molar-refractivity contribution in [2.45, 2.75) is 19.4 Å². The van der Waals surface area contributed by atoms with Crippen molar-refractivity contribution in [3.05, 3.63) is 29.3 Å². The summed E-state index contributed by atoms with van der Waals surface area (Å²) in [6.07, 6.45) is 0.900. The summed E-state index contributed by atoms with van der Waals surface area (Å²) in [5.41, 5.74) is 0.718. The van der Waals surface area contributed by atoms with Crippen LogP contribution in [0.3, 0.4) is 0 Å². The minimum absolute atomic E-state index is 0.0472. The summed E-state index contributed by atoms with van der Waals surface area (Å²) in [5, 5.41) is 3.44. The zero-order valence-electron chi connectivity index (χ0n) is 11.6. The van der Waals surface area contributed by atoms with Crippen molar-refractivity contribution < 1.29 is 9.53 Å². The molecular formula is C14H21ClN2O2. The first-order valence-corrected chi connectivity index (χ1v) is 6.65. The Morgan fingerprint density at radius 3 is 2.89 bits per heavy atom. The molecule has 1 aromatic rings. The topological polar surface area (TPSA) is 41.6 Å². The number of anilines is 1. The Bertz CT molecular complexity index is 412. The number of amides is 1. The van der Waals surface area contributed by atoms with Gasteiger partial charge >= 0.3 is 0 Å². The predicted octanol–water partition coefficient (Wildman–Crippen LogP) is 2.64. The van der Waals surface area contributed by atoms with E-state index in [0.29, 0.717) is 24.2 Å². The van der Waals surface area contributed by atoms with Crippen LogP contribution in [0.4, 0.5) is 5.69 Å². The van der Waals surface area contributed by atoms with E-state index in [1.165, 1.54) is 0 Å². The molecule has 0 aromatic heterocycles. The number of hydrogen-bond donors (Lipinski definition) is 1. The standard InChI is InChI=1S/C14H21ClN2O2/c1-11(7-8-19-3)17(2)10-14(18)16-13-6-4-5-12(15)9-13/h4-6,9,11H,7-8,10H2,1-3H3,(H,16,18)/t11-/m1/s1. The summed E-state index contributed by atoms with van der Waals surface area (Å²) >= 11 is 5.87. The number of carbonyl (C=O) groups is 1. The maximum absolute atomic E-state index is 11.9. The second-order valence-corrected chi connectivity index (χ2v) is 5.04. The van der Waals surface area contributed by atoms with E-state index in [-0.39, 0.29) is 5.91 Å². The molecule has 1 N–H and O–H groups in total. The number of nitrogens with zero attached hydrogens (tertiary/aromatic N) is 1. The van der Waals surface area contributed by atoms with Gasteiger partial charge in [-0.1, -0.05) is 17.7 Å². The Hall–Kier alpha value is -1.10. The molecule has 0 unspecified atom stereocenters. The Balaban J connectivity index is 2.42. The molecule has 0 fully saturated rings. The number of rotatable bonds is 7. The van der Waals surface area contributed by atoms with E-state index in [2.05, 4.69) is 12.2 Å². The minimum Gasteiger partial charge on any atom is -0.385 e. The van der Waals surface area contributed by atoms with Crippen molar-refractivity contribution in [1.82, 2.24) is 4.90 Å². The van der Waals surface area contributed by atoms with Gasteiger partial charge in [-0.2, -0.15) is 0 Å². The van der Waals surface area contributed by atoms with Gasteiger partial charge in [0.1, 0.15) is 0 Å². The molecule has 0 radical (unpaired) electrons. The number of nitrogens with one attached hydrogen (secondary N) is 1. The lowest BCUT2D eigenvalue weighted by Crippen LogP contribution is -2.37. The molecule has 1 aromatic carbocycles. The fourth-order valence-electron chi connectivity index (χ4n) is 1.66. The molecule has 19 heavy (non-hydrogen) atoms. The van der Waals surface area contributed by atoms with E-state index in [4.69, 9.17) is 16.3 Å². The quantitative estimate of drug-likeness (QED) is 0.837. The molecule has 1 rings (SSSR count). The highest BCUT2D eigenvalue weighted by atomic mass is 35.5. The molecule has 106 valence electrons. The SMILES string of the molecule is COCC[C@@H](C)N(C)CC(=O)Nc1cccc(Cl)c1. The Labute approximate surface area is 119 Å². The van der Waals surface area contributed by atoms with Gasteiger partial charge in [0, 0.05) is 30.5 Å². The molecule has 0 aliphatic heterocycles. The van der Waals surface area contributed by atoms with Crippen LogP contribution in [0.15, 0.2) is 24.3 Å². The molecule has 4 nitrogen and oxygen atoms in total. The van der Waals surface area contributed by atoms with Gasteiger partial charge in [-0.25, -0.2) is 0 Å². The molecule has 0 spiro atoms. The first-order valence-electron chi connectivity index (χ1n) is 6.27. The first kappa shape index (κ1) is 16.0. The van der Waals surface area contributed by atoms with Gasteiger partial charge in [0.25, 0.3) is 0 Å². The number of carbonyl (C=O) groups excluding carboxylic acids is 1. The predicted molar refractivity (Wildman–Crippen MR) is 78.7 cm³/mol. The van der Waals surface area contributed by atoms with E-state index in [1.807, 2.05) is 24.1 Å². The molecular weight excluding hydrogens is 264 g/mol. The zero-order chi connectivity index (χ0) is 14.3. The van der Waals surface area contributed by atoms with Crippen LogP contribution >= 0.6 is 11.6 Å². The van der Waals surface area contributed by atoms with Crippen LogP contribution in [0.5, 0.6) is 0 Å². The van der Waals surface area contributed by atoms with Crippen molar-refractivity contribution in [3.8, 4) is 0 Å². The Morgan fingerprint density at radius 1 is 1.53 bits per heavy atom. The molecule has 1 amide bonds. The van der Waals surface area contributed by atoms with Gasteiger partial charge in [-0.15, -0.1) is 0 Å². The lowest BCUT2D eigenvalue weighted by atomic mass is 10.2. The highest BCUT2D eigenvalue weighted by Crippen LogP contribution is 2.14. The third-order valence-corrected chi connectivity index (χ3v) is 3.23. The maximum Gasteiger partial charge on any atom is 0.238 e. The molecule has 5 heteroatoms. The lowest BCUT2D eigenvalue weighted by Gasteiger charge is -2.23. The summed E-state index contributed by atoms with van der Waals surface area (Å²) < 4.78 is 5.03. The molecule has 0 aliphatic carbocycles. The minimum atomic E-state index is -0.0472. The maximum atomic E-state index is 11.9. The molecule has 0 heterocycles. The van der Waals surface area contributed by atoms with Gasteiger partial charge in [0.05, 0.1) is 6.54 Å². The fraction of sp³-hybridized carbons (Fsp3) is 0.500. The summed E-state index contributed by atoms with van der Waals surface area (Å²) in [7, 11) is 3.61. The lowest BCUT2D eigenvalue weighted by molar-refractivity contribution is -0.117. The summed E-state index contributed by atoms with van der Waals surface area (Å²) in [5.74, 6) is -0.0472. The van der Waals surface area contributed by atoms with Crippen LogP contribution in [-0.4, -0.2) is 44.2 Å². The van der Waals surface area contributed by atoms with E-state index in [9.17, 15) is 4.79 Å². The molecule has 0 aliphatic rings. The molecule has 0 bridgehead atoms. The van der Waals surface area contributed by atoms with Crippen molar-refractivity contribution in [3.63, 3.8) is 0 Å². The van der Waals surface area contributed by atoms with Crippen LogP contribution in [-0.2, 0) is 9.53 Å². The number of hydrogen-bond acceptors (Lipinski definition) is 3. The third-order valence-electron chi connectivity index (χ3n) is 2.99. The van der Waals surface area contributed by atoms with Crippen LogP contribution in [0.1, 0.15) is 13.3 Å². The van der Waals surface area contributed by atoms with E-state index in [1.54, 1.807) is 19.2 Å². The van der Waals surface area contributed by atoms with Crippen molar-refractivity contribution >= 4 is 23.2 Å². The van der Waals surface area contributed by atoms with Crippen LogP contribution in [0.25, 0.3) is 0 Å². The van der Waals surface area contributed by atoms with Crippen LogP contribution in [0, 0.1) is 0 Å². The zero-order valence-corrected chi connectivity index (χ0v) is 12.4. The monoisotopic (exact) mass is 284 g/mol. The molecule has 1 atom stereocenters. The molecule has 0 saturated carbocycles. The van der Waals surface area contributed by atoms with Gasteiger partial charge in [0.2, 0.25) is 5.91 Å². The van der Waals surface area contributed by atoms with Crippen molar-refractivity contribution in [2.75, 3.05) is 32.6 Å². The van der Waals surface area contributed by atoms with Crippen molar-refractivity contribution in [1.29, 1.82) is 0 Å². The number of ether oxygens (including phenoxy) is 1. The fourth-order valence-corrected chi connectivity index (χ4v) is 1.85. The van der Waals surface area contributed by atoms with Gasteiger partial charge in [-0.3, -0.25) is 9.69 Å². The Kier molecular flexibility index (Phi) is 6.84. The highest BCUT2D eigenvalue weighted by molar-refractivity contribution is 6.30. The van der Waals surface area contributed by atoms with Crippen molar-refractivity contribution in [2.24, 2.45) is 0 Å². The number of benzene rings is 1. The van der Waals surface area contributed by atoms with Gasteiger partial charge in [-0.05, 0) is 38.6 Å². The Morgan fingerprint density at radius 2 is 2.26 bits per heavy atom. The summed E-state index contributed by atoms with van der Waals surface area (Å²) in [6, 6.07) is 7.43. The second kappa shape index (κ2) is 8.15. The van der Waals surface area contributed by atoms with E-state index >= 15 is 0 Å². The number of likely N-dealkylation sites (N-methyl/N-ethyl adjacent to an activating group) is 1. The van der Waals surface area contributed by atoms with Gasteiger partial charge in [0.15, 0.2) is 0 Å². The number of methoxy groups -OCH3 is 1. The molecule has 0 saturated heterocycles. The van der Waals surface area contributed by atoms with E-state index in [0.717, 1.165) is 12.1 Å². The second-order valence-electron chi connectivity index (χ2n) is 4.60. The largest absolute Gasteiger partial charge is 0.385 e. The highest BCUT2D eigenvalue weighted by Gasteiger charge is 2.13. The average Bonchev–Trinajstić information content (AvgIpc) is 2.35. The van der Waals surface area contributed by atoms with Gasteiger partial charge < -0.3 is 10.1 Å². The average molecular weight is 285 g/mol. The summed E-state index contributed by atoms with van der Waals surface area (Å²) in [4.78, 5) is 13.9. The van der Waals surface area contributed by atoms with E-state index < -0.39 is 0 Å². The third kappa shape index (κ3) is 6.05. The summed E-state index contributed by atoms with van der Waals surface area (Å²) in [6.45, 7) is 3.12. The van der Waals surface area contributed by atoms with Crippen LogP contribution in [0.2, 0.25) is 5.02 Å². The van der Waals surface area contributed by atoms with Crippen LogP contribution < -0.4 is 5.32 Å². The normalized spacial score (nSPS) is 12.5. The smallest absolute Gasteiger partial charge is 0.238 e.